The number of nitrogens with zero attached hydrogens (tertiary/aromatic N) is 1. The summed E-state index contributed by atoms with van der Waals surface area (Å²) in [7, 11) is 0. The van der Waals surface area contributed by atoms with Gasteiger partial charge in [0.15, 0.2) is 0 Å². The van der Waals surface area contributed by atoms with Crippen molar-refractivity contribution in [2.45, 2.75) is 25.4 Å². The van der Waals surface area contributed by atoms with Gasteiger partial charge in [0.25, 0.3) is 5.91 Å². The van der Waals surface area contributed by atoms with Gasteiger partial charge in [-0.15, -0.1) is 0 Å². The summed E-state index contributed by atoms with van der Waals surface area (Å²) in [6, 6.07) is 4.51. The summed E-state index contributed by atoms with van der Waals surface area (Å²) in [5, 5.41) is 0. The molecule has 0 aromatic heterocycles. The summed E-state index contributed by atoms with van der Waals surface area (Å²) in [5.41, 5.74) is -0.370. The summed E-state index contributed by atoms with van der Waals surface area (Å²) in [6.45, 7) is 1.51. The summed E-state index contributed by atoms with van der Waals surface area (Å²) in [4.78, 5) is 14.1. The molecule has 0 spiro atoms. The molecule has 2 atom stereocenters. The van der Waals surface area contributed by atoms with Crippen LogP contribution in [0.5, 0.6) is 0 Å². The van der Waals surface area contributed by atoms with Gasteiger partial charge < -0.3 is 4.90 Å². The van der Waals surface area contributed by atoms with Crippen molar-refractivity contribution in [1.82, 2.24) is 4.90 Å². The summed E-state index contributed by atoms with van der Waals surface area (Å²) in [6.07, 6.45) is -0.785. The van der Waals surface area contributed by atoms with E-state index in [0.717, 1.165) is 25.2 Å². The standard InChI is InChI=1S/C15H16F3NO/c16-15(17,18)13-6-4-10(5-7-13)14(20)19-8-11-2-1-3-12(11)9-19/h4-7,11-12H,1-3,8-9H2. The molecule has 1 aromatic carbocycles. The van der Waals surface area contributed by atoms with E-state index in [1.807, 2.05) is 0 Å². The number of hydrogen-bond acceptors (Lipinski definition) is 1. The highest BCUT2D eigenvalue weighted by molar-refractivity contribution is 5.94. The van der Waals surface area contributed by atoms with Crippen molar-refractivity contribution in [3.63, 3.8) is 0 Å². The third-order valence-electron chi connectivity index (χ3n) is 4.47. The van der Waals surface area contributed by atoms with Gasteiger partial charge in [0.2, 0.25) is 0 Å². The first-order valence-electron chi connectivity index (χ1n) is 6.91. The smallest absolute Gasteiger partial charge is 0.338 e. The van der Waals surface area contributed by atoms with Crippen LogP contribution < -0.4 is 0 Å². The first kappa shape index (κ1) is 13.5. The number of fused-ring (bicyclic) bond motifs is 1. The average Bonchev–Trinajstić information content (AvgIpc) is 2.97. The van der Waals surface area contributed by atoms with Crippen LogP contribution in [0.15, 0.2) is 24.3 Å². The molecule has 1 aliphatic carbocycles. The van der Waals surface area contributed by atoms with E-state index in [1.165, 1.54) is 31.4 Å². The van der Waals surface area contributed by atoms with Gasteiger partial charge in [-0.3, -0.25) is 4.79 Å². The third-order valence-corrected chi connectivity index (χ3v) is 4.47. The molecule has 2 fully saturated rings. The zero-order chi connectivity index (χ0) is 14.3. The minimum atomic E-state index is -4.35. The van der Waals surface area contributed by atoms with Crippen LogP contribution in [0.25, 0.3) is 0 Å². The van der Waals surface area contributed by atoms with Crippen LogP contribution in [0.3, 0.4) is 0 Å². The van der Waals surface area contributed by atoms with Crippen LogP contribution in [0.4, 0.5) is 13.2 Å². The predicted octanol–water partition coefficient (Wildman–Crippen LogP) is 3.58. The van der Waals surface area contributed by atoms with Gasteiger partial charge in [-0.2, -0.15) is 13.2 Å². The first-order valence-corrected chi connectivity index (χ1v) is 6.91. The topological polar surface area (TPSA) is 20.3 Å². The molecule has 20 heavy (non-hydrogen) atoms. The minimum Gasteiger partial charge on any atom is -0.338 e. The normalized spacial score (nSPS) is 25.9. The highest BCUT2D eigenvalue weighted by Crippen LogP contribution is 2.38. The van der Waals surface area contributed by atoms with Crippen LogP contribution in [0, 0.1) is 11.8 Å². The summed E-state index contributed by atoms with van der Waals surface area (Å²) >= 11 is 0. The molecule has 3 rings (SSSR count). The molecule has 0 N–H and O–H groups in total. The van der Waals surface area contributed by atoms with E-state index in [0.29, 0.717) is 17.4 Å². The molecule has 1 saturated carbocycles. The Bertz CT molecular complexity index is 497. The van der Waals surface area contributed by atoms with Crippen molar-refractivity contribution in [2.24, 2.45) is 11.8 Å². The molecule has 2 aliphatic rings. The molecule has 1 saturated heterocycles. The highest BCUT2D eigenvalue weighted by Gasteiger charge is 2.38. The molecule has 0 radical (unpaired) electrons. The Hall–Kier alpha value is -1.52. The molecule has 1 heterocycles. The van der Waals surface area contributed by atoms with Gasteiger partial charge in [0, 0.05) is 18.7 Å². The summed E-state index contributed by atoms with van der Waals surface area (Å²) < 4.78 is 37.4. The third kappa shape index (κ3) is 2.41. The fourth-order valence-electron chi connectivity index (χ4n) is 3.39. The lowest BCUT2D eigenvalue weighted by Gasteiger charge is -2.17. The number of benzene rings is 1. The van der Waals surface area contributed by atoms with Gasteiger partial charge in [0.1, 0.15) is 0 Å². The van der Waals surface area contributed by atoms with Gasteiger partial charge in [-0.25, -0.2) is 0 Å². The number of carbonyl (C=O) groups is 1. The van der Waals surface area contributed by atoms with E-state index in [4.69, 9.17) is 0 Å². The number of halogens is 3. The minimum absolute atomic E-state index is 0.145. The van der Waals surface area contributed by atoms with Crippen molar-refractivity contribution >= 4 is 5.91 Å². The zero-order valence-corrected chi connectivity index (χ0v) is 11.0. The summed E-state index contributed by atoms with van der Waals surface area (Å²) in [5.74, 6) is 1.04. The second kappa shape index (κ2) is 4.79. The average molecular weight is 283 g/mol. The second-order valence-electron chi connectivity index (χ2n) is 5.74. The van der Waals surface area contributed by atoms with Crippen LogP contribution in [-0.4, -0.2) is 23.9 Å². The molecular weight excluding hydrogens is 267 g/mol. The lowest BCUT2D eigenvalue weighted by molar-refractivity contribution is -0.137. The van der Waals surface area contributed by atoms with Gasteiger partial charge in [0.05, 0.1) is 5.56 Å². The lowest BCUT2D eigenvalue weighted by Crippen LogP contribution is -2.29. The van der Waals surface area contributed by atoms with Crippen molar-refractivity contribution in [2.75, 3.05) is 13.1 Å². The Morgan fingerprint density at radius 1 is 1.05 bits per heavy atom. The monoisotopic (exact) mass is 283 g/mol. The molecule has 1 aromatic rings. The lowest BCUT2D eigenvalue weighted by atomic mass is 10.0. The van der Waals surface area contributed by atoms with Crippen LogP contribution in [0.1, 0.15) is 35.2 Å². The van der Waals surface area contributed by atoms with Crippen molar-refractivity contribution in [3.8, 4) is 0 Å². The highest BCUT2D eigenvalue weighted by atomic mass is 19.4. The van der Waals surface area contributed by atoms with E-state index in [2.05, 4.69) is 0 Å². The van der Waals surface area contributed by atoms with Crippen molar-refractivity contribution < 1.29 is 18.0 Å². The molecule has 5 heteroatoms. The van der Waals surface area contributed by atoms with Crippen LogP contribution in [-0.2, 0) is 6.18 Å². The number of alkyl halides is 3. The van der Waals surface area contributed by atoms with Gasteiger partial charge in [-0.05, 0) is 48.9 Å². The Morgan fingerprint density at radius 3 is 2.10 bits per heavy atom. The zero-order valence-electron chi connectivity index (χ0n) is 11.0. The van der Waals surface area contributed by atoms with Gasteiger partial charge in [-0.1, -0.05) is 6.42 Å². The Morgan fingerprint density at radius 2 is 1.60 bits per heavy atom. The van der Waals surface area contributed by atoms with E-state index < -0.39 is 11.7 Å². The number of carbonyl (C=O) groups excluding carboxylic acids is 1. The molecule has 108 valence electrons. The SMILES string of the molecule is O=C(c1ccc(C(F)(F)F)cc1)N1CC2CCCC2C1. The maximum Gasteiger partial charge on any atom is 0.416 e. The van der Waals surface area contributed by atoms with E-state index in [1.54, 1.807) is 4.90 Å². The number of amides is 1. The van der Waals surface area contributed by atoms with Crippen molar-refractivity contribution in [1.29, 1.82) is 0 Å². The fourth-order valence-corrected chi connectivity index (χ4v) is 3.39. The largest absolute Gasteiger partial charge is 0.416 e. The predicted molar refractivity (Wildman–Crippen MR) is 68.2 cm³/mol. The molecule has 2 unspecified atom stereocenters. The number of rotatable bonds is 1. The first-order chi connectivity index (χ1) is 9.45. The second-order valence-corrected chi connectivity index (χ2v) is 5.74. The molecular formula is C15H16F3NO. The maximum absolute atomic E-state index is 12.5. The molecule has 0 bridgehead atoms. The van der Waals surface area contributed by atoms with E-state index in [-0.39, 0.29) is 5.91 Å². The van der Waals surface area contributed by atoms with Gasteiger partial charge >= 0.3 is 6.18 Å². The number of likely N-dealkylation sites (tertiary alicyclic amines) is 1. The van der Waals surface area contributed by atoms with E-state index in [9.17, 15) is 18.0 Å². The molecule has 2 nitrogen and oxygen atoms in total. The Balaban J connectivity index is 1.72. The fraction of sp³-hybridized carbons (Fsp3) is 0.533. The Labute approximate surface area is 115 Å². The molecule has 1 amide bonds. The van der Waals surface area contributed by atoms with Crippen LogP contribution >= 0.6 is 0 Å². The van der Waals surface area contributed by atoms with Crippen LogP contribution in [0.2, 0.25) is 0 Å². The van der Waals surface area contributed by atoms with Crippen molar-refractivity contribution in [3.05, 3.63) is 35.4 Å². The number of hydrogen-bond donors (Lipinski definition) is 0. The molecule has 1 aliphatic heterocycles. The Kier molecular flexibility index (Phi) is 3.22. The quantitative estimate of drug-likeness (QED) is 0.771. The maximum atomic E-state index is 12.5. The van der Waals surface area contributed by atoms with E-state index >= 15 is 0 Å².